The lowest BCUT2D eigenvalue weighted by molar-refractivity contribution is 0.209. The number of rotatable bonds is 5. The van der Waals surface area contributed by atoms with Crippen molar-refractivity contribution >= 4 is 39.5 Å². The molecule has 0 radical (unpaired) electrons. The maximum Gasteiger partial charge on any atom is 0.409 e. The van der Waals surface area contributed by atoms with E-state index in [0.29, 0.717) is 11.4 Å². The molecule has 0 bridgehead atoms. The van der Waals surface area contributed by atoms with E-state index < -0.39 is 6.09 Å². The molecular formula is C15H14BrNO3S. The summed E-state index contributed by atoms with van der Waals surface area (Å²) in [7, 11) is 1.64. The zero-order valence-electron chi connectivity index (χ0n) is 11.3. The van der Waals surface area contributed by atoms with Crippen LogP contribution in [-0.4, -0.2) is 18.3 Å². The van der Waals surface area contributed by atoms with Crippen LogP contribution < -0.4 is 10.1 Å². The van der Waals surface area contributed by atoms with E-state index >= 15 is 0 Å². The number of thioether (sulfide) groups is 1. The monoisotopic (exact) mass is 367 g/mol. The molecule has 2 aromatic rings. The first-order valence-electron chi connectivity index (χ1n) is 6.14. The summed E-state index contributed by atoms with van der Waals surface area (Å²) in [6.45, 7) is 0. The molecule has 0 atom stereocenters. The van der Waals surface area contributed by atoms with E-state index in [1.807, 2.05) is 30.3 Å². The van der Waals surface area contributed by atoms with Crippen molar-refractivity contribution in [2.45, 2.75) is 10.6 Å². The largest absolute Gasteiger partial charge is 0.496 e. The topological polar surface area (TPSA) is 58.6 Å². The van der Waals surface area contributed by atoms with Gasteiger partial charge in [0.25, 0.3) is 0 Å². The number of benzene rings is 2. The fourth-order valence-electron chi connectivity index (χ4n) is 1.83. The standard InChI is InChI=1S/C15H14BrNO3S/c1-20-13-7-6-11(16)8-10(13)9-21-14-5-3-2-4-12(14)17-15(18)19/h2-8,17H,9H2,1H3,(H,18,19). The Morgan fingerprint density at radius 1 is 1.33 bits per heavy atom. The van der Waals surface area contributed by atoms with Gasteiger partial charge in [0.2, 0.25) is 0 Å². The van der Waals surface area contributed by atoms with Crippen LogP contribution >= 0.6 is 27.7 Å². The van der Waals surface area contributed by atoms with Crippen LogP contribution in [0.3, 0.4) is 0 Å². The van der Waals surface area contributed by atoms with E-state index in [1.165, 1.54) is 0 Å². The first-order valence-corrected chi connectivity index (χ1v) is 7.92. The van der Waals surface area contributed by atoms with Gasteiger partial charge in [0.15, 0.2) is 0 Å². The third-order valence-corrected chi connectivity index (χ3v) is 4.37. The maximum absolute atomic E-state index is 10.8. The van der Waals surface area contributed by atoms with Crippen LogP contribution in [0.4, 0.5) is 10.5 Å². The van der Waals surface area contributed by atoms with Crippen LogP contribution in [0.25, 0.3) is 0 Å². The summed E-state index contributed by atoms with van der Waals surface area (Å²) in [5.74, 6) is 1.50. The molecule has 0 spiro atoms. The lowest BCUT2D eigenvalue weighted by atomic mass is 10.2. The summed E-state index contributed by atoms with van der Waals surface area (Å²) < 4.78 is 6.32. The van der Waals surface area contributed by atoms with E-state index in [9.17, 15) is 4.79 Å². The number of nitrogens with one attached hydrogen (secondary N) is 1. The third-order valence-electron chi connectivity index (χ3n) is 2.75. The smallest absolute Gasteiger partial charge is 0.409 e. The highest BCUT2D eigenvalue weighted by atomic mass is 79.9. The second-order valence-corrected chi connectivity index (χ2v) is 6.10. The van der Waals surface area contributed by atoms with Gasteiger partial charge in [-0.25, -0.2) is 4.79 Å². The van der Waals surface area contributed by atoms with Crippen molar-refractivity contribution in [1.29, 1.82) is 0 Å². The molecular weight excluding hydrogens is 354 g/mol. The van der Waals surface area contributed by atoms with Gasteiger partial charge in [0, 0.05) is 20.7 Å². The van der Waals surface area contributed by atoms with Crippen molar-refractivity contribution in [1.82, 2.24) is 0 Å². The molecule has 0 aliphatic heterocycles. The highest BCUT2D eigenvalue weighted by molar-refractivity contribution is 9.10. The van der Waals surface area contributed by atoms with Gasteiger partial charge in [-0.1, -0.05) is 28.1 Å². The number of ether oxygens (including phenoxy) is 1. The number of anilines is 1. The zero-order valence-corrected chi connectivity index (χ0v) is 13.7. The molecule has 0 unspecified atom stereocenters. The van der Waals surface area contributed by atoms with Crippen molar-refractivity contribution in [3.05, 3.63) is 52.5 Å². The highest BCUT2D eigenvalue weighted by Gasteiger charge is 2.08. The Bertz CT molecular complexity index is 649. The quantitative estimate of drug-likeness (QED) is 0.742. The molecule has 0 aliphatic carbocycles. The van der Waals surface area contributed by atoms with E-state index in [4.69, 9.17) is 9.84 Å². The number of hydrogen-bond donors (Lipinski definition) is 2. The van der Waals surface area contributed by atoms with Crippen molar-refractivity contribution in [3.63, 3.8) is 0 Å². The predicted octanol–water partition coefficient (Wildman–Crippen LogP) is 4.84. The summed E-state index contributed by atoms with van der Waals surface area (Å²) in [4.78, 5) is 11.7. The third kappa shape index (κ3) is 4.41. The van der Waals surface area contributed by atoms with Crippen LogP contribution in [0, 0.1) is 0 Å². The summed E-state index contributed by atoms with van der Waals surface area (Å²) in [5.41, 5.74) is 1.63. The molecule has 2 aromatic carbocycles. The number of halogens is 1. The van der Waals surface area contributed by atoms with E-state index in [0.717, 1.165) is 20.7 Å². The summed E-state index contributed by atoms with van der Waals surface area (Å²) in [6.07, 6.45) is -1.07. The number of hydrogen-bond acceptors (Lipinski definition) is 3. The van der Waals surface area contributed by atoms with E-state index in [-0.39, 0.29) is 0 Å². The van der Waals surface area contributed by atoms with Crippen LogP contribution in [-0.2, 0) is 5.75 Å². The van der Waals surface area contributed by atoms with Gasteiger partial charge in [-0.2, -0.15) is 0 Å². The van der Waals surface area contributed by atoms with Crippen LogP contribution in [0.2, 0.25) is 0 Å². The van der Waals surface area contributed by atoms with Crippen molar-refractivity contribution in [2.24, 2.45) is 0 Å². The van der Waals surface area contributed by atoms with Gasteiger partial charge < -0.3 is 9.84 Å². The second-order valence-electron chi connectivity index (χ2n) is 4.17. The van der Waals surface area contributed by atoms with Gasteiger partial charge >= 0.3 is 6.09 Å². The molecule has 2 N–H and O–H groups in total. The fraction of sp³-hybridized carbons (Fsp3) is 0.133. The average Bonchev–Trinajstić information content (AvgIpc) is 2.46. The van der Waals surface area contributed by atoms with Gasteiger partial charge in [-0.3, -0.25) is 5.32 Å². The fourth-order valence-corrected chi connectivity index (χ4v) is 3.22. The van der Waals surface area contributed by atoms with Gasteiger partial charge in [0.05, 0.1) is 12.8 Å². The summed E-state index contributed by atoms with van der Waals surface area (Å²) >= 11 is 5.00. The molecule has 0 saturated heterocycles. The van der Waals surface area contributed by atoms with Crippen LogP contribution in [0.5, 0.6) is 5.75 Å². The van der Waals surface area contributed by atoms with Crippen molar-refractivity contribution in [3.8, 4) is 5.75 Å². The van der Waals surface area contributed by atoms with Gasteiger partial charge in [0.1, 0.15) is 5.75 Å². The lowest BCUT2D eigenvalue weighted by Gasteiger charge is -2.11. The van der Waals surface area contributed by atoms with E-state index in [1.54, 1.807) is 31.0 Å². The van der Waals surface area contributed by atoms with Gasteiger partial charge in [-0.15, -0.1) is 11.8 Å². The summed E-state index contributed by atoms with van der Waals surface area (Å²) in [6, 6.07) is 13.1. The molecule has 6 heteroatoms. The molecule has 21 heavy (non-hydrogen) atoms. The highest BCUT2D eigenvalue weighted by Crippen LogP contribution is 2.33. The van der Waals surface area contributed by atoms with Crippen LogP contribution in [0.15, 0.2) is 51.8 Å². The van der Waals surface area contributed by atoms with Crippen molar-refractivity contribution in [2.75, 3.05) is 12.4 Å². The van der Waals surface area contributed by atoms with E-state index in [2.05, 4.69) is 21.2 Å². The molecule has 0 heterocycles. The van der Waals surface area contributed by atoms with Crippen molar-refractivity contribution < 1.29 is 14.6 Å². The molecule has 110 valence electrons. The Kier molecular flexibility index (Phi) is 5.52. The van der Waals surface area contributed by atoms with Crippen LogP contribution in [0.1, 0.15) is 5.56 Å². The molecule has 0 aromatic heterocycles. The first kappa shape index (κ1) is 15.7. The molecule has 2 rings (SSSR count). The Hall–Kier alpha value is -1.66. The number of amides is 1. The second kappa shape index (κ2) is 7.38. The SMILES string of the molecule is COc1ccc(Br)cc1CSc1ccccc1NC(=O)O. The average molecular weight is 368 g/mol. The maximum atomic E-state index is 10.8. The minimum Gasteiger partial charge on any atom is -0.496 e. The molecule has 0 aliphatic rings. The van der Waals surface area contributed by atoms with Gasteiger partial charge in [-0.05, 0) is 30.3 Å². The molecule has 0 fully saturated rings. The summed E-state index contributed by atoms with van der Waals surface area (Å²) in [5, 5.41) is 11.3. The lowest BCUT2D eigenvalue weighted by Crippen LogP contribution is -2.07. The Balaban J connectivity index is 2.17. The number of para-hydroxylation sites is 1. The molecule has 1 amide bonds. The number of methoxy groups -OCH3 is 1. The number of carbonyl (C=O) groups is 1. The Morgan fingerprint density at radius 3 is 2.81 bits per heavy atom. The predicted molar refractivity (Wildman–Crippen MR) is 88.3 cm³/mol. The molecule has 4 nitrogen and oxygen atoms in total. The first-order chi connectivity index (χ1) is 10.1. The minimum absolute atomic E-state index is 0.587. The zero-order chi connectivity index (χ0) is 15.2. The Morgan fingerprint density at radius 2 is 2.10 bits per heavy atom. The number of carboxylic acid groups (broad SMARTS) is 1. The normalized spacial score (nSPS) is 10.2. The Labute approximate surface area is 135 Å². The minimum atomic E-state index is -1.07. The molecule has 0 saturated carbocycles.